The van der Waals surface area contributed by atoms with Gasteiger partial charge in [-0.2, -0.15) is 0 Å². The van der Waals surface area contributed by atoms with Gasteiger partial charge in [-0.3, -0.25) is 0 Å². The number of benzene rings is 4. The van der Waals surface area contributed by atoms with Gasteiger partial charge in [0.2, 0.25) is 0 Å². The van der Waals surface area contributed by atoms with E-state index < -0.39 is 5.41 Å². The normalized spacial score (nSPS) is 33.5. The van der Waals surface area contributed by atoms with Crippen LogP contribution in [0.4, 0.5) is 0 Å². The molecule has 8 fully saturated rings. The number of rotatable bonds is 5. The van der Waals surface area contributed by atoms with E-state index in [1.165, 1.54) is 102 Å². The van der Waals surface area contributed by atoms with Gasteiger partial charge in [0.1, 0.15) is 0 Å². The van der Waals surface area contributed by atoms with E-state index in [-0.39, 0.29) is 22.2 Å². The molecule has 0 amide bonds. The van der Waals surface area contributed by atoms with Crippen molar-refractivity contribution in [3.05, 3.63) is 142 Å². The van der Waals surface area contributed by atoms with Crippen molar-refractivity contribution in [3.8, 4) is 47.4 Å². The molecule has 0 aliphatic heterocycles. The maximum Gasteiger partial charge on any atom is 0.0392 e. The van der Waals surface area contributed by atoms with Crippen LogP contribution in [0, 0.1) is 87.8 Å². The first-order valence-electron chi connectivity index (χ1n) is 21.6. The van der Waals surface area contributed by atoms with E-state index in [9.17, 15) is 0 Å². The predicted octanol–water partition coefficient (Wildman–Crippen LogP) is 12.2. The Balaban J connectivity index is 1.47. The van der Waals surface area contributed by atoms with E-state index in [2.05, 4.69) is 144 Å². The minimum absolute atomic E-state index is 0.00642. The third kappa shape index (κ3) is 4.67. The second kappa shape index (κ2) is 13.4. The van der Waals surface area contributed by atoms with Gasteiger partial charge >= 0.3 is 0 Å². The van der Waals surface area contributed by atoms with E-state index in [1.54, 1.807) is 0 Å². The van der Waals surface area contributed by atoms with Crippen LogP contribution < -0.4 is 0 Å². The largest absolute Gasteiger partial charge is 0.101 e. The second-order valence-electron chi connectivity index (χ2n) is 18.7. The molecule has 278 valence electrons. The first kappa shape index (κ1) is 35.5. The van der Waals surface area contributed by atoms with Crippen molar-refractivity contribution >= 4 is 0 Å². The van der Waals surface area contributed by atoms with Crippen molar-refractivity contribution in [2.24, 2.45) is 40.4 Å². The molecule has 0 aromatic heterocycles. The summed E-state index contributed by atoms with van der Waals surface area (Å²) in [5.41, 5.74) is 9.87. The van der Waals surface area contributed by atoms with Crippen LogP contribution in [0.2, 0.25) is 0 Å². The summed E-state index contributed by atoms with van der Waals surface area (Å²) in [7, 11) is 0. The first-order chi connectivity index (χ1) is 27.5. The lowest BCUT2D eigenvalue weighted by Gasteiger charge is -2.82. The standard InChI is InChI=1S/C56H54/c1-5-17-43-21-9-13-25-48(43)52-47-32-42-36-54(38-47,53-33-39-29-40(34-53)31-41(30-39)35-53)56(50-27-15-11-23-45(50)19-7-3,51-28-16-12-24-46(51)20-8-4)55(52,37-42)49-26-14-10-22-44(49)18-6-2/h9-16,21-28,39-42,47,52H,29-38H2,1-4H3. The summed E-state index contributed by atoms with van der Waals surface area (Å²) in [6, 6.07) is 37.5. The van der Waals surface area contributed by atoms with Crippen molar-refractivity contribution in [2.75, 3.05) is 0 Å². The van der Waals surface area contributed by atoms with Crippen molar-refractivity contribution in [3.63, 3.8) is 0 Å². The fraction of sp³-hybridized carbons (Fsp3) is 0.429. The predicted molar refractivity (Wildman–Crippen MR) is 230 cm³/mol. The van der Waals surface area contributed by atoms with Gasteiger partial charge in [0.15, 0.2) is 0 Å². The van der Waals surface area contributed by atoms with Gasteiger partial charge in [-0.05, 0) is 185 Å². The fourth-order valence-electron chi connectivity index (χ4n) is 16.0. The molecule has 0 heteroatoms. The van der Waals surface area contributed by atoms with Crippen molar-refractivity contribution in [2.45, 2.75) is 109 Å². The SMILES string of the molecule is CC#Cc1ccccc1C1C2CC3CC1(c1ccccc1C#CC)C(c1ccccc1C#CC)(c1ccccc1C#CC)C(C14CC5CC(CC(C5)C1)C4)(C3)C2. The van der Waals surface area contributed by atoms with Crippen molar-refractivity contribution in [1.29, 1.82) is 0 Å². The Morgan fingerprint density at radius 2 is 0.875 bits per heavy atom. The minimum Gasteiger partial charge on any atom is -0.101 e. The summed E-state index contributed by atoms with van der Waals surface area (Å²) in [5, 5.41) is 0. The highest BCUT2D eigenvalue weighted by Gasteiger charge is 2.82. The lowest BCUT2D eigenvalue weighted by molar-refractivity contribution is -0.250. The van der Waals surface area contributed by atoms with Gasteiger partial charge in [-0.25, -0.2) is 0 Å². The molecule has 5 unspecified atom stereocenters. The molecule has 4 aromatic rings. The van der Waals surface area contributed by atoms with Crippen LogP contribution in [0.1, 0.15) is 142 Å². The molecule has 0 heterocycles. The van der Waals surface area contributed by atoms with E-state index in [1.807, 2.05) is 27.7 Å². The Kier molecular flexibility index (Phi) is 8.48. The van der Waals surface area contributed by atoms with Gasteiger partial charge < -0.3 is 0 Å². The van der Waals surface area contributed by atoms with Crippen LogP contribution >= 0.6 is 0 Å². The van der Waals surface area contributed by atoms with Crippen LogP contribution in [0.3, 0.4) is 0 Å². The topological polar surface area (TPSA) is 0 Å². The maximum atomic E-state index is 3.78. The highest BCUT2D eigenvalue weighted by molar-refractivity contribution is 5.68. The second-order valence-corrected chi connectivity index (χ2v) is 18.7. The molecule has 0 spiro atoms. The van der Waals surface area contributed by atoms with Gasteiger partial charge in [0.25, 0.3) is 0 Å². The molecule has 0 radical (unpaired) electrons. The molecule has 5 atom stereocenters. The lowest BCUT2D eigenvalue weighted by atomic mass is 9.21. The molecular weight excluding hydrogens is 673 g/mol. The summed E-state index contributed by atoms with van der Waals surface area (Å²) in [5.74, 6) is 32.5. The maximum absolute atomic E-state index is 3.78. The average Bonchev–Trinajstić information content (AvgIpc) is 3.19. The van der Waals surface area contributed by atoms with Crippen LogP contribution in [0.15, 0.2) is 97.1 Å². The van der Waals surface area contributed by atoms with E-state index in [0.717, 1.165) is 24.2 Å². The third-order valence-corrected chi connectivity index (χ3v) is 16.3. The molecule has 0 saturated heterocycles. The first-order valence-corrected chi connectivity index (χ1v) is 21.6. The Bertz CT molecular complexity index is 2380. The zero-order valence-electron chi connectivity index (χ0n) is 33.8. The molecule has 0 nitrogen and oxygen atoms in total. The Hall–Kier alpha value is -4.88. The Morgan fingerprint density at radius 3 is 1.41 bits per heavy atom. The quantitative estimate of drug-likeness (QED) is 0.180. The van der Waals surface area contributed by atoms with Crippen LogP contribution in [-0.2, 0) is 10.8 Å². The van der Waals surface area contributed by atoms with Crippen LogP contribution in [0.5, 0.6) is 0 Å². The van der Waals surface area contributed by atoms with Gasteiger partial charge in [0, 0.05) is 33.1 Å². The van der Waals surface area contributed by atoms with E-state index in [4.69, 9.17) is 0 Å². The summed E-state index contributed by atoms with van der Waals surface area (Å²) < 4.78 is 0. The molecule has 12 rings (SSSR count). The summed E-state index contributed by atoms with van der Waals surface area (Å²) in [6.07, 6.45) is 13.4. The Morgan fingerprint density at radius 1 is 0.429 bits per heavy atom. The third-order valence-electron chi connectivity index (χ3n) is 16.3. The van der Waals surface area contributed by atoms with Gasteiger partial charge in [-0.15, -0.1) is 23.7 Å². The summed E-state index contributed by atoms with van der Waals surface area (Å²) >= 11 is 0. The van der Waals surface area contributed by atoms with Crippen molar-refractivity contribution < 1.29 is 0 Å². The molecule has 4 aromatic carbocycles. The Labute approximate surface area is 336 Å². The molecule has 8 aliphatic rings. The highest BCUT2D eigenvalue weighted by Crippen LogP contribution is 2.86. The zero-order chi connectivity index (χ0) is 38.1. The average molecular weight is 727 g/mol. The minimum atomic E-state index is -0.455. The van der Waals surface area contributed by atoms with Gasteiger partial charge in [0.05, 0.1) is 0 Å². The van der Waals surface area contributed by atoms with Gasteiger partial charge in [-0.1, -0.05) is 96.5 Å². The molecule has 8 saturated carbocycles. The molecule has 8 bridgehead atoms. The van der Waals surface area contributed by atoms with Crippen LogP contribution in [-0.4, -0.2) is 0 Å². The zero-order valence-corrected chi connectivity index (χ0v) is 33.8. The summed E-state index contributed by atoms with van der Waals surface area (Å²) in [6.45, 7) is 8.07. The number of hydrogen-bond acceptors (Lipinski definition) is 0. The molecule has 0 N–H and O–H groups in total. The summed E-state index contributed by atoms with van der Waals surface area (Å²) in [4.78, 5) is 0. The van der Waals surface area contributed by atoms with E-state index >= 15 is 0 Å². The highest BCUT2D eigenvalue weighted by atomic mass is 14.8. The lowest BCUT2D eigenvalue weighted by Crippen LogP contribution is -2.78. The van der Waals surface area contributed by atoms with E-state index in [0.29, 0.717) is 11.8 Å². The van der Waals surface area contributed by atoms with Crippen LogP contribution in [0.25, 0.3) is 0 Å². The number of hydrogen-bond donors (Lipinski definition) is 0. The fourth-order valence-corrected chi connectivity index (χ4v) is 16.0. The monoisotopic (exact) mass is 726 g/mol. The molecular formula is C56H54. The van der Waals surface area contributed by atoms with Crippen molar-refractivity contribution in [1.82, 2.24) is 0 Å². The smallest absolute Gasteiger partial charge is 0.0392 e. The molecule has 56 heavy (non-hydrogen) atoms. The molecule has 8 aliphatic carbocycles.